The molecule has 0 aromatic carbocycles. The van der Waals surface area contributed by atoms with Gasteiger partial charge >= 0.3 is 0 Å². The van der Waals surface area contributed by atoms with Crippen LogP contribution in [-0.2, 0) is 0 Å². The summed E-state index contributed by atoms with van der Waals surface area (Å²) in [5, 5.41) is 11.7. The van der Waals surface area contributed by atoms with E-state index in [0.29, 0.717) is 5.57 Å². The number of nitrogens with one attached hydrogen (secondary N) is 2. The molecular weight excluding hydrogens is 320 g/mol. The molecule has 0 spiro atoms. The van der Waals surface area contributed by atoms with Crippen LogP contribution in [0.5, 0.6) is 0 Å². The van der Waals surface area contributed by atoms with Gasteiger partial charge in [-0.1, -0.05) is 26.3 Å². The molecule has 0 aliphatic carbocycles. The predicted octanol–water partition coefficient (Wildman–Crippen LogP) is 1.97. The number of nitrogens with zero attached hydrogens (tertiary/aromatic N) is 2. The molecule has 134 valence electrons. The van der Waals surface area contributed by atoms with Gasteiger partial charge in [0.1, 0.15) is 5.84 Å². The fourth-order valence-corrected chi connectivity index (χ4v) is 2.95. The van der Waals surface area contributed by atoms with Crippen molar-refractivity contribution in [2.45, 2.75) is 38.1 Å². The summed E-state index contributed by atoms with van der Waals surface area (Å²) in [4.78, 5) is 2.23. The molecule has 2 rings (SSSR count). The maximum absolute atomic E-state index is 7.70. The molecule has 24 heavy (non-hydrogen) atoms. The highest BCUT2D eigenvalue weighted by atomic mass is 32.1. The van der Waals surface area contributed by atoms with Crippen molar-refractivity contribution in [2.24, 2.45) is 16.6 Å². The van der Waals surface area contributed by atoms with E-state index in [4.69, 9.17) is 16.9 Å². The minimum absolute atomic E-state index is 0.0234. The lowest BCUT2D eigenvalue weighted by Gasteiger charge is -2.28. The third kappa shape index (κ3) is 5.14. The van der Waals surface area contributed by atoms with E-state index in [2.05, 4.69) is 41.6 Å². The van der Waals surface area contributed by atoms with Gasteiger partial charge in [-0.2, -0.15) is 17.7 Å². The fourth-order valence-electron chi connectivity index (χ4n) is 2.95. The molecule has 7 heteroatoms. The topological polar surface area (TPSA) is 104 Å². The molecular formula is C17H30N6S. The average molecular weight is 351 g/mol. The summed E-state index contributed by atoms with van der Waals surface area (Å²) in [6.45, 7) is 7.98. The molecule has 6 N–H and O–H groups in total. The molecule has 0 aromatic rings. The Bertz CT molecular complexity index is 551. The second-order valence-corrected chi connectivity index (χ2v) is 6.05. The van der Waals surface area contributed by atoms with Gasteiger partial charge < -0.3 is 16.4 Å². The highest BCUT2D eigenvalue weighted by Crippen LogP contribution is 2.31. The van der Waals surface area contributed by atoms with Crippen LogP contribution < -0.4 is 16.9 Å². The second-order valence-electron chi connectivity index (χ2n) is 6.05. The minimum Gasteiger partial charge on any atom is -0.384 e. The van der Waals surface area contributed by atoms with Crippen LogP contribution in [0.15, 0.2) is 40.8 Å². The fraction of sp³-hybridized carbons (Fsp3) is 0.529. The third-order valence-electron chi connectivity index (χ3n) is 4.27. The van der Waals surface area contributed by atoms with Crippen molar-refractivity contribution in [3.63, 3.8) is 0 Å². The number of hydrogen-bond donors (Lipinski definition) is 5. The van der Waals surface area contributed by atoms with Gasteiger partial charge in [0.2, 0.25) is 0 Å². The first kappa shape index (κ1) is 20.3. The van der Waals surface area contributed by atoms with E-state index in [1.54, 1.807) is 18.7 Å². The van der Waals surface area contributed by atoms with E-state index in [1.165, 1.54) is 0 Å². The summed E-state index contributed by atoms with van der Waals surface area (Å²) >= 11 is 3.53. The summed E-state index contributed by atoms with van der Waals surface area (Å²) in [6.07, 6.45) is 11.2. The Kier molecular flexibility index (Phi) is 8.07. The number of nitrogens with two attached hydrogens (primary N) is 2. The van der Waals surface area contributed by atoms with Crippen molar-refractivity contribution in [3.8, 4) is 0 Å². The first-order chi connectivity index (χ1) is 11.5. The number of hydrogen-bond acceptors (Lipinski definition) is 6. The number of hydrazone groups is 1. The van der Waals surface area contributed by atoms with Crippen LogP contribution in [0.2, 0.25) is 0 Å². The van der Waals surface area contributed by atoms with E-state index >= 15 is 0 Å². The summed E-state index contributed by atoms with van der Waals surface area (Å²) in [5.74, 6) is -0.0234. The van der Waals surface area contributed by atoms with Gasteiger partial charge in [-0.25, -0.2) is 0 Å². The molecule has 0 amide bonds. The van der Waals surface area contributed by atoms with Crippen LogP contribution in [-0.4, -0.2) is 41.8 Å². The number of unbranched alkanes of at least 4 members (excludes halogenated alkanes) is 1. The Morgan fingerprint density at radius 3 is 2.88 bits per heavy atom. The summed E-state index contributed by atoms with van der Waals surface area (Å²) in [5.41, 5.74) is 17.0. The van der Waals surface area contributed by atoms with E-state index in [0.717, 1.165) is 50.0 Å². The average Bonchev–Trinajstić information content (AvgIpc) is 2.93. The van der Waals surface area contributed by atoms with Crippen LogP contribution in [0.4, 0.5) is 0 Å². The van der Waals surface area contributed by atoms with Gasteiger partial charge in [0.25, 0.3) is 0 Å². The zero-order chi connectivity index (χ0) is 18.2. The van der Waals surface area contributed by atoms with Crippen LogP contribution in [0, 0.1) is 5.41 Å². The lowest BCUT2D eigenvalue weighted by molar-refractivity contribution is 0.357. The van der Waals surface area contributed by atoms with Gasteiger partial charge in [-0.3, -0.25) is 10.8 Å². The number of amidine groups is 1. The molecule has 2 heterocycles. The number of allylic oxidation sites excluding steroid dienone is 2. The summed E-state index contributed by atoms with van der Waals surface area (Å²) in [7, 11) is 0. The smallest absolute Gasteiger partial charge is 0.124 e. The third-order valence-corrected chi connectivity index (χ3v) is 4.27. The molecule has 0 radical (unpaired) electrons. The molecule has 0 saturated carbocycles. The van der Waals surface area contributed by atoms with Crippen molar-refractivity contribution >= 4 is 24.7 Å². The Morgan fingerprint density at radius 2 is 2.25 bits per heavy atom. The Morgan fingerprint density at radius 1 is 1.54 bits per heavy atom. The maximum atomic E-state index is 7.70. The number of thiol groups is 1. The van der Waals surface area contributed by atoms with E-state index in [-0.39, 0.29) is 11.4 Å². The van der Waals surface area contributed by atoms with Gasteiger partial charge in [-0.05, 0) is 25.2 Å². The highest BCUT2D eigenvalue weighted by molar-refractivity contribution is 7.79. The standard InChI is InChI=1S/C16H26N6.CH4S/c1-3-4-6-16(19)7-9-22(11-16)14-5-8-20-21-10-13(12(14)2)15(17)18;1-2/h5,8,10,21H,2-4,6-7,9,11,19H2,1H3,(H3,17,18);2H,1H3/b13-10+,14-5+,20-8-;. The highest BCUT2D eigenvalue weighted by Gasteiger charge is 2.35. The maximum Gasteiger partial charge on any atom is 0.124 e. The molecule has 2 aliphatic rings. The first-order valence-electron chi connectivity index (χ1n) is 8.18. The Hall–Kier alpha value is -1.73. The van der Waals surface area contributed by atoms with Crippen molar-refractivity contribution in [3.05, 3.63) is 35.7 Å². The number of rotatable bonds is 5. The molecule has 1 saturated heterocycles. The van der Waals surface area contributed by atoms with E-state index in [1.807, 2.05) is 6.08 Å². The van der Waals surface area contributed by atoms with Gasteiger partial charge in [-0.15, -0.1) is 0 Å². The zero-order valence-corrected chi connectivity index (χ0v) is 15.6. The van der Waals surface area contributed by atoms with Crippen LogP contribution in [0.25, 0.3) is 0 Å². The molecule has 6 nitrogen and oxygen atoms in total. The lowest BCUT2D eigenvalue weighted by atomic mass is 9.93. The largest absolute Gasteiger partial charge is 0.384 e. The monoisotopic (exact) mass is 350 g/mol. The Balaban J connectivity index is 0.00000139. The molecule has 0 bridgehead atoms. The van der Waals surface area contributed by atoms with Crippen LogP contribution in [0.1, 0.15) is 32.6 Å². The lowest BCUT2D eigenvalue weighted by Crippen LogP contribution is -2.42. The van der Waals surface area contributed by atoms with Gasteiger partial charge in [0.05, 0.1) is 0 Å². The molecule has 2 aliphatic heterocycles. The van der Waals surface area contributed by atoms with E-state index in [9.17, 15) is 0 Å². The van der Waals surface area contributed by atoms with Crippen molar-refractivity contribution < 1.29 is 0 Å². The molecule has 1 unspecified atom stereocenters. The first-order valence-corrected chi connectivity index (χ1v) is 9.08. The summed E-state index contributed by atoms with van der Waals surface area (Å²) in [6, 6.07) is 0. The van der Waals surface area contributed by atoms with Crippen molar-refractivity contribution in [1.29, 1.82) is 5.41 Å². The zero-order valence-electron chi connectivity index (χ0n) is 14.7. The van der Waals surface area contributed by atoms with E-state index < -0.39 is 0 Å². The van der Waals surface area contributed by atoms with Crippen molar-refractivity contribution in [2.75, 3.05) is 19.3 Å². The quantitative estimate of drug-likeness (QED) is 0.297. The second kappa shape index (κ2) is 9.54. The molecule has 1 atom stereocenters. The summed E-state index contributed by atoms with van der Waals surface area (Å²) < 4.78 is 0. The SMILES string of the molecule is C=C1/C(C(=N)N)=C\N/N=C\C=C/1N1CCC(N)(CCCC)C1.CS. The molecule has 1 fully saturated rings. The van der Waals surface area contributed by atoms with Crippen LogP contribution >= 0.6 is 12.6 Å². The molecule has 0 aromatic heterocycles. The van der Waals surface area contributed by atoms with Crippen molar-refractivity contribution in [1.82, 2.24) is 10.3 Å². The van der Waals surface area contributed by atoms with Gasteiger partial charge in [0, 0.05) is 47.9 Å². The number of likely N-dealkylation sites (tertiary alicyclic amines) is 1. The van der Waals surface area contributed by atoms with Gasteiger partial charge in [0.15, 0.2) is 0 Å². The van der Waals surface area contributed by atoms with Crippen LogP contribution in [0.3, 0.4) is 0 Å². The minimum atomic E-state index is -0.144. The predicted molar refractivity (Wildman–Crippen MR) is 106 cm³/mol. The Labute approximate surface area is 150 Å². The normalized spacial score (nSPS) is 29.0.